The van der Waals surface area contributed by atoms with E-state index in [4.69, 9.17) is 9.47 Å². The molecule has 1 saturated heterocycles. The fourth-order valence-corrected chi connectivity index (χ4v) is 4.32. The summed E-state index contributed by atoms with van der Waals surface area (Å²) >= 11 is 0. The number of hydrogen-bond acceptors (Lipinski definition) is 4. The largest absolute Gasteiger partial charge is 0.382 e. The van der Waals surface area contributed by atoms with Crippen molar-refractivity contribution in [3.05, 3.63) is 18.0 Å². The molecule has 1 aromatic heterocycles. The molecule has 0 radical (unpaired) electrons. The number of ether oxygens (including phenoxy) is 2. The Hall–Kier alpha value is -0.870. The zero-order chi connectivity index (χ0) is 19.1. The topological polar surface area (TPSA) is 63.9 Å². The van der Waals surface area contributed by atoms with E-state index in [1.54, 1.807) is 0 Å². The molecule has 2 aliphatic rings. The van der Waals surface area contributed by atoms with E-state index in [1.807, 2.05) is 31.2 Å². The Labute approximate surface area is 186 Å². The predicted molar refractivity (Wildman–Crippen MR) is 122 cm³/mol. The number of aromatic nitrogens is 2. The van der Waals surface area contributed by atoms with Gasteiger partial charge < -0.3 is 19.7 Å². The maximum atomic E-state index is 5.97. The van der Waals surface area contributed by atoms with Crippen LogP contribution in [0.3, 0.4) is 0 Å². The van der Waals surface area contributed by atoms with Gasteiger partial charge in [-0.15, -0.1) is 24.0 Å². The summed E-state index contributed by atoms with van der Waals surface area (Å²) in [6.45, 7) is 7.07. The zero-order valence-corrected chi connectivity index (χ0v) is 19.9. The van der Waals surface area contributed by atoms with E-state index < -0.39 is 0 Å². The fourth-order valence-electron chi connectivity index (χ4n) is 4.32. The summed E-state index contributed by atoms with van der Waals surface area (Å²) in [7, 11) is 3.81. The van der Waals surface area contributed by atoms with E-state index >= 15 is 0 Å². The van der Waals surface area contributed by atoms with Crippen LogP contribution in [0.1, 0.15) is 50.7 Å². The second-order valence-corrected chi connectivity index (χ2v) is 7.81. The van der Waals surface area contributed by atoms with Crippen molar-refractivity contribution in [1.82, 2.24) is 20.0 Å². The minimum atomic E-state index is 0. The first-order valence-electron chi connectivity index (χ1n) is 10.3. The van der Waals surface area contributed by atoms with Gasteiger partial charge in [-0.1, -0.05) is 12.8 Å². The van der Waals surface area contributed by atoms with E-state index in [0.717, 1.165) is 50.8 Å². The van der Waals surface area contributed by atoms with Crippen LogP contribution in [0.2, 0.25) is 0 Å². The normalized spacial score (nSPS) is 22.2. The van der Waals surface area contributed by atoms with Crippen molar-refractivity contribution in [3.63, 3.8) is 0 Å². The van der Waals surface area contributed by atoms with E-state index in [1.165, 1.54) is 25.7 Å². The fraction of sp³-hybridized carbons (Fsp3) is 0.800. The highest BCUT2D eigenvalue weighted by atomic mass is 127. The lowest BCUT2D eigenvalue weighted by Crippen LogP contribution is -2.50. The van der Waals surface area contributed by atoms with Gasteiger partial charge in [-0.25, -0.2) is 0 Å². The molecule has 2 fully saturated rings. The Morgan fingerprint density at radius 2 is 2.21 bits per heavy atom. The van der Waals surface area contributed by atoms with Crippen molar-refractivity contribution in [2.24, 2.45) is 17.5 Å². The summed E-state index contributed by atoms with van der Waals surface area (Å²) in [5.74, 6) is 0.981. The summed E-state index contributed by atoms with van der Waals surface area (Å²) in [6, 6.07) is 0. The molecule has 1 N–H and O–H groups in total. The van der Waals surface area contributed by atoms with Gasteiger partial charge in [0.05, 0.1) is 19.3 Å². The molecule has 1 unspecified atom stereocenters. The Morgan fingerprint density at radius 3 is 2.86 bits per heavy atom. The lowest BCUT2D eigenvalue weighted by atomic mass is 9.83. The monoisotopic (exact) mass is 505 g/mol. The molecule has 1 aliphatic heterocycles. The van der Waals surface area contributed by atoms with Gasteiger partial charge in [0.25, 0.3) is 0 Å². The van der Waals surface area contributed by atoms with Crippen LogP contribution in [0.4, 0.5) is 0 Å². The molecule has 160 valence electrons. The molecule has 1 atom stereocenters. The van der Waals surface area contributed by atoms with E-state index in [9.17, 15) is 0 Å². The molecule has 28 heavy (non-hydrogen) atoms. The summed E-state index contributed by atoms with van der Waals surface area (Å²) in [4.78, 5) is 6.87. The summed E-state index contributed by atoms with van der Waals surface area (Å²) in [5.41, 5.74) is 1.47. The smallest absolute Gasteiger partial charge is 0.193 e. The van der Waals surface area contributed by atoms with Crippen LogP contribution in [-0.2, 0) is 16.5 Å². The maximum absolute atomic E-state index is 5.97. The van der Waals surface area contributed by atoms with Gasteiger partial charge in [0.1, 0.15) is 6.10 Å². The quantitative estimate of drug-likeness (QED) is 0.267. The molecule has 2 heterocycles. The third-order valence-corrected chi connectivity index (χ3v) is 5.94. The third kappa shape index (κ3) is 6.06. The van der Waals surface area contributed by atoms with Gasteiger partial charge in [0.15, 0.2) is 5.96 Å². The lowest BCUT2D eigenvalue weighted by Gasteiger charge is -2.37. The Kier molecular flexibility index (Phi) is 9.49. The maximum Gasteiger partial charge on any atom is 0.193 e. The van der Waals surface area contributed by atoms with Crippen LogP contribution < -0.4 is 5.32 Å². The van der Waals surface area contributed by atoms with E-state index in [0.29, 0.717) is 12.0 Å². The summed E-state index contributed by atoms with van der Waals surface area (Å²) in [6.07, 6.45) is 10.3. The highest BCUT2D eigenvalue weighted by Gasteiger charge is 2.34. The van der Waals surface area contributed by atoms with Crippen LogP contribution in [-0.4, -0.2) is 67.1 Å². The second kappa shape index (κ2) is 11.3. The Balaban J connectivity index is 0.00000280. The molecule has 0 amide bonds. The molecule has 0 bridgehead atoms. The molecule has 1 aromatic rings. The van der Waals surface area contributed by atoms with Crippen LogP contribution >= 0.6 is 24.0 Å². The number of morpholine rings is 1. The SMILES string of the molecule is CCOCCC1(CNC(=NC)N2CCOC(c3cnn(C)c3)C2)CCCC1.I. The average Bonchev–Trinajstić information content (AvgIpc) is 3.33. The Bertz CT molecular complexity index is 615. The Morgan fingerprint density at radius 1 is 1.43 bits per heavy atom. The van der Waals surface area contributed by atoms with Gasteiger partial charge in [-0.2, -0.15) is 5.10 Å². The first-order chi connectivity index (χ1) is 13.2. The van der Waals surface area contributed by atoms with Gasteiger partial charge >= 0.3 is 0 Å². The molecule has 1 aliphatic carbocycles. The van der Waals surface area contributed by atoms with Crippen LogP contribution in [0.15, 0.2) is 17.4 Å². The van der Waals surface area contributed by atoms with Crippen molar-refractivity contribution in [3.8, 4) is 0 Å². The third-order valence-electron chi connectivity index (χ3n) is 5.94. The second-order valence-electron chi connectivity index (χ2n) is 7.81. The van der Waals surface area contributed by atoms with E-state index in [2.05, 4.69) is 27.2 Å². The predicted octanol–water partition coefficient (Wildman–Crippen LogP) is 2.97. The molecule has 0 aromatic carbocycles. The van der Waals surface area contributed by atoms with Crippen LogP contribution in [0.5, 0.6) is 0 Å². The van der Waals surface area contributed by atoms with Crippen molar-refractivity contribution in [2.75, 3.05) is 46.5 Å². The van der Waals surface area contributed by atoms with Gasteiger partial charge in [0, 0.05) is 52.2 Å². The first-order valence-corrected chi connectivity index (χ1v) is 10.3. The van der Waals surface area contributed by atoms with Crippen LogP contribution in [0.25, 0.3) is 0 Å². The number of hydrogen-bond donors (Lipinski definition) is 1. The molecular weight excluding hydrogens is 469 g/mol. The zero-order valence-electron chi connectivity index (χ0n) is 17.5. The van der Waals surface area contributed by atoms with Crippen molar-refractivity contribution >= 4 is 29.9 Å². The number of halogens is 1. The molecular formula is C20H36IN5O2. The van der Waals surface area contributed by atoms with Crippen molar-refractivity contribution < 1.29 is 9.47 Å². The number of nitrogens with one attached hydrogen (secondary N) is 1. The lowest BCUT2D eigenvalue weighted by molar-refractivity contribution is -0.00827. The first kappa shape index (κ1) is 23.4. The van der Waals surface area contributed by atoms with Crippen molar-refractivity contribution in [1.29, 1.82) is 0 Å². The molecule has 3 rings (SSSR count). The number of rotatable bonds is 7. The summed E-state index contributed by atoms with van der Waals surface area (Å²) in [5, 5.41) is 7.95. The number of aryl methyl sites for hydroxylation is 1. The van der Waals surface area contributed by atoms with Crippen LogP contribution in [0, 0.1) is 5.41 Å². The van der Waals surface area contributed by atoms with Gasteiger partial charge in [-0.3, -0.25) is 9.67 Å². The van der Waals surface area contributed by atoms with Crippen molar-refractivity contribution in [2.45, 2.75) is 45.1 Å². The molecule has 7 nitrogen and oxygen atoms in total. The minimum Gasteiger partial charge on any atom is -0.382 e. The number of nitrogens with zero attached hydrogens (tertiary/aromatic N) is 4. The average molecular weight is 505 g/mol. The van der Waals surface area contributed by atoms with Gasteiger partial charge in [-0.05, 0) is 31.6 Å². The molecule has 1 saturated carbocycles. The van der Waals surface area contributed by atoms with Gasteiger partial charge in [0.2, 0.25) is 0 Å². The number of guanidine groups is 1. The van der Waals surface area contributed by atoms with E-state index in [-0.39, 0.29) is 30.1 Å². The highest BCUT2D eigenvalue weighted by molar-refractivity contribution is 14.0. The number of aliphatic imine (C=N–C) groups is 1. The standard InChI is InChI=1S/C20H35N5O2.HI/c1-4-26-11-9-20(7-5-6-8-20)16-22-19(21-2)25-10-12-27-18(15-25)17-13-23-24(3)14-17;/h13-14,18H,4-12,15-16H2,1-3H3,(H,21,22);1H. The minimum absolute atomic E-state index is 0. The summed E-state index contributed by atoms with van der Waals surface area (Å²) < 4.78 is 13.4. The molecule has 0 spiro atoms. The molecule has 8 heteroatoms. The highest BCUT2D eigenvalue weighted by Crippen LogP contribution is 2.40.